The van der Waals surface area contributed by atoms with Crippen LogP contribution in [0.15, 0.2) is 35.3 Å². The van der Waals surface area contributed by atoms with Crippen LogP contribution in [0.2, 0.25) is 0 Å². The SMILES string of the molecule is CC(=O)OC1CC(C)(C)N(OC(=NC2CCCCC2)N(C(=O)c2ccccc2)C2CCCCC2)C(C)(C)C1. The van der Waals surface area contributed by atoms with E-state index in [-0.39, 0.29) is 30.1 Å². The van der Waals surface area contributed by atoms with Gasteiger partial charge >= 0.3 is 12.0 Å². The fraction of sp³-hybridized carbons (Fsp3) is 0.710. The third-order valence-corrected chi connectivity index (χ3v) is 8.31. The van der Waals surface area contributed by atoms with E-state index in [9.17, 15) is 9.59 Å². The van der Waals surface area contributed by atoms with Crippen LogP contribution in [-0.2, 0) is 14.4 Å². The van der Waals surface area contributed by atoms with Crippen LogP contribution in [0.3, 0.4) is 0 Å². The molecule has 0 radical (unpaired) electrons. The van der Waals surface area contributed by atoms with Crippen molar-refractivity contribution in [3.63, 3.8) is 0 Å². The maximum Gasteiger partial charge on any atom is 0.315 e. The maximum absolute atomic E-state index is 14.2. The highest BCUT2D eigenvalue weighted by atomic mass is 16.7. The van der Waals surface area contributed by atoms with Crippen molar-refractivity contribution in [3.05, 3.63) is 35.9 Å². The number of ether oxygens (including phenoxy) is 1. The van der Waals surface area contributed by atoms with E-state index in [0.717, 1.165) is 51.4 Å². The molecule has 0 aromatic heterocycles. The minimum absolute atomic E-state index is 0.0440. The molecule has 0 N–H and O–H groups in total. The molecule has 0 atom stereocenters. The third-order valence-electron chi connectivity index (χ3n) is 8.31. The van der Waals surface area contributed by atoms with Crippen molar-refractivity contribution in [2.45, 2.75) is 141 Å². The summed E-state index contributed by atoms with van der Waals surface area (Å²) in [7, 11) is 0. The van der Waals surface area contributed by atoms with Crippen molar-refractivity contribution in [1.29, 1.82) is 0 Å². The molecular weight excluding hydrogens is 478 g/mol. The minimum Gasteiger partial charge on any atom is -0.462 e. The average Bonchev–Trinajstić information content (AvgIpc) is 2.87. The van der Waals surface area contributed by atoms with E-state index < -0.39 is 11.1 Å². The molecular formula is C31H47N3O4. The number of hydroxylamine groups is 2. The maximum atomic E-state index is 14.2. The fourth-order valence-corrected chi connectivity index (χ4v) is 6.78. The lowest BCUT2D eigenvalue weighted by molar-refractivity contribution is -0.251. The molecule has 7 heteroatoms. The van der Waals surface area contributed by atoms with Crippen molar-refractivity contribution >= 4 is 17.9 Å². The lowest BCUT2D eigenvalue weighted by Gasteiger charge is -2.53. The molecule has 210 valence electrons. The number of hydrogen-bond acceptors (Lipinski definition) is 6. The first-order valence-electron chi connectivity index (χ1n) is 14.7. The van der Waals surface area contributed by atoms with Crippen LogP contribution in [0, 0.1) is 0 Å². The van der Waals surface area contributed by atoms with Gasteiger partial charge in [0.15, 0.2) is 0 Å². The second kappa shape index (κ2) is 12.2. The number of benzene rings is 1. The summed E-state index contributed by atoms with van der Waals surface area (Å²) in [6.07, 6.45) is 12.0. The molecule has 0 bridgehead atoms. The molecule has 3 fully saturated rings. The molecule has 1 heterocycles. The van der Waals surface area contributed by atoms with Gasteiger partial charge in [-0.15, -0.1) is 5.06 Å². The quantitative estimate of drug-likeness (QED) is 0.244. The summed E-state index contributed by atoms with van der Waals surface area (Å²) in [6.45, 7) is 9.94. The normalized spacial score (nSPS) is 23.6. The number of nitrogens with zero attached hydrogens (tertiary/aromatic N) is 3. The molecule has 7 nitrogen and oxygen atoms in total. The lowest BCUT2D eigenvalue weighted by atomic mass is 9.80. The number of rotatable bonds is 5. The van der Waals surface area contributed by atoms with Gasteiger partial charge in [-0.1, -0.05) is 56.7 Å². The van der Waals surface area contributed by atoms with Crippen LogP contribution in [0.25, 0.3) is 0 Å². The number of amides is 1. The monoisotopic (exact) mass is 525 g/mol. The third kappa shape index (κ3) is 6.96. The van der Waals surface area contributed by atoms with Crippen molar-refractivity contribution in [2.24, 2.45) is 4.99 Å². The molecule has 3 aliphatic rings. The highest BCUT2D eigenvalue weighted by molar-refractivity contribution is 6.04. The van der Waals surface area contributed by atoms with E-state index in [4.69, 9.17) is 14.6 Å². The molecule has 1 aromatic rings. The largest absolute Gasteiger partial charge is 0.462 e. The van der Waals surface area contributed by atoms with Gasteiger partial charge in [0.1, 0.15) is 6.10 Å². The molecule has 2 saturated carbocycles. The zero-order valence-electron chi connectivity index (χ0n) is 24.1. The Labute approximate surface area is 228 Å². The number of amidine groups is 1. The van der Waals surface area contributed by atoms with Gasteiger partial charge in [0.05, 0.1) is 17.1 Å². The van der Waals surface area contributed by atoms with Gasteiger partial charge in [-0.25, -0.2) is 4.99 Å². The second-order valence-electron chi connectivity index (χ2n) is 12.7. The van der Waals surface area contributed by atoms with Gasteiger partial charge in [-0.05, 0) is 65.5 Å². The summed E-state index contributed by atoms with van der Waals surface area (Å²) in [4.78, 5) is 39.9. The Morgan fingerprint density at radius 3 is 1.97 bits per heavy atom. The Hall–Kier alpha value is -2.41. The van der Waals surface area contributed by atoms with Crippen LogP contribution in [0.4, 0.5) is 0 Å². The molecule has 1 aliphatic heterocycles. The molecule has 0 unspecified atom stereocenters. The van der Waals surface area contributed by atoms with Gasteiger partial charge in [-0.3, -0.25) is 14.5 Å². The van der Waals surface area contributed by atoms with Crippen molar-refractivity contribution < 1.29 is 19.2 Å². The number of hydrogen-bond donors (Lipinski definition) is 0. The predicted molar refractivity (Wildman–Crippen MR) is 150 cm³/mol. The van der Waals surface area contributed by atoms with E-state index in [1.807, 2.05) is 40.3 Å². The Morgan fingerprint density at radius 1 is 0.868 bits per heavy atom. The highest BCUT2D eigenvalue weighted by Crippen LogP contribution is 2.41. The minimum atomic E-state index is -0.441. The Morgan fingerprint density at radius 2 is 1.42 bits per heavy atom. The zero-order chi connectivity index (χ0) is 27.3. The second-order valence-corrected chi connectivity index (χ2v) is 12.7. The van der Waals surface area contributed by atoms with Gasteiger partial charge in [0, 0.05) is 31.4 Å². The first-order valence-corrected chi connectivity index (χ1v) is 14.7. The van der Waals surface area contributed by atoms with Gasteiger partial charge in [0.25, 0.3) is 5.91 Å². The van der Waals surface area contributed by atoms with Crippen LogP contribution in [0.1, 0.15) is 122 Å². The first kappa shape index (κ1) is 28.6. The van der Waals surface area contributed by atoms with E-state index in [1.165, 1.54) is 19.8 Å². The topological polar surface area (TPSA) is 71.4 Å². The van der Waals surface area contributed by atoms with Crippen LogP contribution in [0.5, 0.6) is 0 Å². The van der Waals surface area contributed by atoms with E-state index in [1.54, 1.807) is 0 Å². The summed E-state index contributed by atoms with van der Waals surface area (Å²) in [5.74, 6) is -0.301. The summed E-state index contributed by atoms with van der Waals surface area (Å²) < 4.78 is 5.66. The van der Waals surface area contributed by atoms with Gasteiger partial charge < -0.3 is 9.57 Å². The summed E-state index contributed by atoms with van der Waals surface area (Å²) in [5.41, 5.74) is -0.225. The first-order chi connectivity index (χ1) is 18.1. The average molecular weight is 526 g/mol. The molecule has 0 spiro atoms. The van der Waals surface area contributed by atoms with Gasteiger partial charge in [0.2, 0.25) is 0 Å². The lowest BCUT2D eigenvalue weighted by Crippen LogP contribution is -2.64. The van der Waals surface area contributed by atoms with Gasteiger partial charge in [-0.2, -0.15) is 0 Å². The number of carbonyl (C=O) groups excluding carboxylic acids is 2. The zero-order valence-corrected chi connectivity index (χ0v) is 24.1. The number of aliphatic imine (C=N–C) groups is 1. The summed E-state index contributed by atoms with van der Waals surface area (Å²) in [5, 5.41) is 2.02. The smallest absolute Gasteiger partial charge is 0.315 e. The van der Waals surface area contributed by atoms with E-state index in [0.29, 0.717) is 24.4 Å². The highest BCUT2D eigenvalue weighted by Gasteiger charge is 2.50. The molecule has 1 saturated heterocycles. The van der Waals surface area contributed by atoms with Crippen LogP contribution < -0.4 is 0 Å². The van der Waals surface area contributed by atoms with Crippen molar-refractivity contribution in [3.8, 4) is 0 Å². The molecule has 4 rings (SSSR count). The number of carbonyl (C=O) groups is 2. The summed E-state index contributed by atoms with van der Waals surface area (Å²) in [6, 6.07) is 10.2. The Bertz CT molecular complexity index is 960. The van der Waals surface area contributed by atoms with Crippen molar-refractivity contribution in [2.75, 3.05) is 0 Å². The van der Waals surface area contributed by atoms with E-state index >= 15 is 0 Å². The van der Waals surface area contributed by atoms with E-state index in [2.05, 4.69) is 27.7 Å². The standard InChI is InChI=1S/C31H47N3O4/c1-23(35)37-27-21-30(2,3)34(31(4,5)22-27)38-29(32-25-17-11-7-12-18-25)33(26-19-13-8-14-20-26)28(36)24-15-9-6-10-16-24/h6,9-10,15-16,25-27H,7-8,11-14,17-22H2,1-5H3. The Kier molecular flexibility index (Phi) is 9.17. The Balaban J connectivity index is 1.72. The predicted octanol–water partition coefficient (Wildman–Crippen LogP) is 6.67. The number of esters is 1. The fourth-order valence-electron chi connectivity index (χ4n) is 6.78. The van der Waals surface area contributed by atoms with Crippen molar-refractivity contribution in [1.82, 2.24) is 9.96 Å². The van der Waals surface area contributed by atoms with Crippen LogP contribution in [-0.4, -0.2) is 57.1 Å². The molecule has 1 aromatic carbocycles. The molecule has 2 aliphatic carbocycles. The summed E-state index contributed by atoms with van der Waals surface area (Å²) >= 11 is 0. The van der Waals surface area contributed by atoms with Crippen LogP contribution >= 0.6 is 0 Å². The number of piperidine rings is 1. The molecule has 1 amide bonds. The molecule has 38 heavy (non-hydrogen) atoms.